The van der Waals surface area contributed by atoms with Crippen LogP contribution in [0.15, 0.2) is 76.9 Å². The summed E-state index contributed by atoms with van der Waals surface area (Å²) < 4.78 is 16.7. The molecule has 0 aliphatic carbocycles. The highest BCUT2D eigenvalue weighted by molar-refractivity contribution is 5.62. The lowest BCUT2D eigenvalue weighted by Gasteiger charge is -2.36. The molecule has 6 heteroatoms. The lowest BCUT2D eigenvalue weighted by atomic mass is 9.80. The van der Waals surface area contributed by atoms with Crippen molar-refractivity contribution in [1.82, 2.24) is 0 Å². The van der Waals surface area contributed by atoms with E-state index >= 15 is 0 Å². The minimum Gasteiger partial charge on any atom is -0.497 e. The Morgan fingerprint density at radius 3 is 2.25 bits per heavy atom. The Labute approximate surface area is 188 Å². The summed E-state index contributed by atoms with van der Waals surface area (Å²) >= 11 is 0. The van der Waals surface area contributed by atoms with Gasteiger partial charge in [0.25, 0.3) is 0 Å². The molecule has 0 fully saturated rings. The van der Waals surface area contributed by atoms with Gasteiger partial charge >= 0.3 is 0 Å². The van der Waals surface area contributed by atoms with Gasteiger partial charge in [-0.2, -0.15) is 5.26 Å². The number of quaternary nitrogens is 1. The Balaban J connectivity index is 1.82. The van der Waals surface area contributed by atoms with Crippen LogP contribution < -0.4 is 20.1 Å². The molecule has 0 amide bonds. The fourth-order valence-corrected chi connectivity index (χ4v) is 4.37. The maximum Gasteiger partial charge on any atom is 0.205 e. The molecule has 0 saturated heterocycles. The summed E-state index contributed by atoms with van der Waals surface area (Å²) in [5.74, 6) is 2.31. The van der Waals surface area contributed by atoms with Crippen molar-refractivity contribution < 1.29 is 19.1 Å². The van der Waals surface area contributed by atoms with Crippen LogP contribution in [0.4, 0.5) is 0 Å². The number of likely N-dealkylation sites (N-methyl/N-ethyl adjacent to an activating group) is 1. The number of nitriles is 1. The summed E-state index contributed by atoms with van der Waals surface area (Å²) in [7, 11) is 3.30. The Morgan fingerprint density at radius 1 is 1.06 bits per heavy atom. The highest BCUT2D eigenvalue weighted by Gasteiger charge is 2.39. The van der Waals surface area contributed by atoms with Gasteiger partial charge in [0, 0.05) is 11.1 Å². The molecule has 2 aromatic carbocycles. The normalized spacial score (nSPS) is 21.6. The molecule has 1 unspecified atom stereocenters. The van der Waals surface area contributed by atoms with Crippen molar-refractivity contribution in [2.75, 3.05) is 33.9 Å². The van der Waals surface area contributed by atoms with E-state index in [1.54, 1.807) is 14.2 Å². The second-order valence-corrected chi connectivity index (χ2v) is 7.95. The SMILES string of the molecule is CC[NH+]1CC2=C(OC(N)=C(C#N)[C@H]2c2ccc(OC)cc2)/C(=C\c2ccc(OC)cc2)C1. The first-order valence-electron chi connectivity index (χ1n) is 10.7. The smallest absolute Gasteiger partial charge is 0.205 e. The zero-order chi connectivity index (χ0) is 22.7. The van der Waals surface area contributed by atoms with Crippen LogP contribution in [-0.2, 0) is 4.74 Å². The van der Waals surface area contributed by atoms with Gasteiger partial charge in [0.15, 0.2) is 0 Å². The number of benzene rings is 2. The van der Waals surface area contributed by atoms with Crippen LogP contribution in [0, 0.1) is 11.3 Å². The van der Waals surface area contributed by atoms with Crippen molar-refractivity contribution in [3.05, 3.63) is 88.0 Å². The second kappa shape index (κ2) is 9.21. The van der Waals surface area contributed by atoms with Crippen molar-refractivity contribution in [2.45, 2.75) is 12.8 Å². The number of methoxy groups -OCH3 is 2. The van der Waals surface area contributed by atoms with E-state index in [0.717, 1.165) is 59.2 Å². The first-order chi connectivity index (χ1) is 15.6. The maximum atomic E-state index is 9.91. The predicted molar refractivity (Wildman–Crippen MR) is 123 cm³/mol. The molecule has 3 N–H and O–H groups in total. The van der Waals surface area contributed by atoms with E-state index in [4.69, 9.17) is 19.9 Å². The summed E-state index contributed by atoms with van der Waals surface area (Å²) in [5, 5.41) is 9.91. The van der Waals surface area contributed by atoms with Crippen molar-refractivity contribution in [3.63, 3.8) is 0 Å². The van der Waals surface area contributed by atoms with Gasteiger partial charge in [0.05, 0.1) is 26.7 Å². The third-order valence-electron chi connectivity index (χ3n) is 6.11. The van der Waals surface area contributed by atoms with Crippen LogP contribution >= 0.6 is 0 Å². The second-order valence-electron chi connectivity index (χ2n) is 7.95. The van der Waals surface area contributed by atoms with Gasteiger partial charge in [-0.15, -0.1) is 0 Å². The molecular weight excluding hydrogens is 402 g/mol. The Kier molecular flexibility index (Phi) is 6.20. The Hall–Kier alpha value is -3.69. The largest absolute Gasteiger partial charge is 0.497 e. The summed E-state index contributed by atoms with van der Waals surface area (Å²) in [4.78, 5) is 1.41. The van der Waals surface area contributed by atoms with E-state index in [2.05, 4.69) is 19.1 Å². The van der Waals surface area contributed by atoms with E-state index in [1.165, 1.54) is 4.90 Å². The number of allylic oxidation sites excluding steroid dienone is 1. The van der Waals surface area contributed by atoms with Gasteiger partial charge < -0.3 is 24.8 Å². The molecule has 0 aromatic heterocycles. The molecule has 32 heavy (non-hydrogen) atoms. The van der Waals surface area contributed by atoms with Gasteiger partial charge in [0.2, 0.25) is 5.88 Å². The molecule has 2 heterocycles. The lowest BCUT2D eigenvalue weighted by Crippen LogP contribution is -3.12. The molecule has 2 aliphatic heterocycles. The van der Waals surface area contributed by atoms with E-state index in [-0.39, 0.29) is 11.8 Å². The van der Waals surface area contributed by atoms with Crippen LogP contribution in [-0.4, -0.2) is 33.9 Å². The third-order valence-corrected chi connectivity index (χ3v) is 6.11. The molecule has 4 rings (SSSR count). The van der Waals surface area contributed by atoms with Crippen molar-refractivity contribution in [3.8, 4) is 17.6 Å². The van der Waals surface area contributed by atoms with Crippen molar-refractivity contribution >= 4 is 6.08 Å². The monoisotopic (exact) mass is 430 g/mol. The van der Waals surface area contributed by atoms with Gasteiger partial charge in [-0.25, -0.2) is 0 Å². The molecule has 164 valence electrons. The molecule has 2 aromatic rings. The summed E-state index contributed by atoms with van der Waals surface area (Å²) in [6.07, 6.45) is 2.14. The topological polar surface area (TPSA) is 81.9 Å². The molecule has 2 aliphatic rings. The van der Waals surface area contributed by atoms with E-state index < -0.39 is 0 Å². The molecule has 0 spiro atoms. The van der Waals surface area contributed by atoms with Crippen LogP contribution in [0.25, 0.3) is 6.08 Å². The Morgan fingerprint density at radius 2 is 1.69 bits per heavy atom. The fraction of sp³-hybridized carbons (Fsp3) is 0.269. The van der Waals surface area contributed by atoms with Crippen LogP contribution in [0.5, 0.6) is 11.5 Å². The zero-order valence-corrected chi connectivity index (χ0v) is 18.6. The van der Waals surface area contributed by atoms with Crippen LogP contribution in [0.1, 0.15) is 24.0 Å². The average Bonchev–Trinajstić information content (AvgIpc) is 2.84. The number of ether oxygens (including phenoxy) is 3. The van der Waals surface area contributed by atoms with Crippen molar-refractivity contribution in [2.24, 2.45) is 5.73 Å². The average molecular weight is 431 g/mol. The van der Waals surface area contributed by atoms with E-state index in [1.807, 2.05) is 48.5 Å². The standard InChI is InChI=1S/C26H27N3O3/c1-4-29-15-19(13-17-5-9-20(30-2)10-6-17)25-23(16-29)24(22(14-27)26(28)32-25)18-7-11-21(31-3)12-8-18/h5-13,24H,4,15-16,28H2,1-3H3/p+1/b19-13-/t24-/m1/s1. The van der Waals surface area contributed by atoms with Crippen molar-refractivity contribution in [1.29, 1.82) is 5.26 Å². The molecule has 0 bridgehead atoms. The lowest BCUT2D eigenvalue weighted by molar-refractivity contribution is -0.890. The van der Waals surface area contributed by atoms with Gasteiger partial charge in [-0.3, -0.25) is 0 Å². The zero-order valence-electron chi connectivity index (χ0n) is 18.6. The number of nitrogens with zero attached hydrogens (tertiary/aromatic N) is 1. The number of nitrogens with two attached hydrogens (primary N) is 1. The molecule has 2 atom stereocenters. The third kappa shape index (κ3) is 4.08. The predicted octanol–water partition coefficient (Wildman–Crippen LogP) is 2.77. The number of hydrogen-bond acceptors (Lipinski definition) is 5. The molecule has 6 nitrogen and oxygen atoms in total. The molecule has 0 saturated carbocycles. The highest BCUT2D eigenvalue weighted by atomic mass is 16.5. The van der Waals surface area contributed by atoms with Crippen LogP contribution in [0.2, 0.25) is 0 Å². The molecule has 0 radical (unpaired) electrons. The van der Waals surface area contributed by atoms with Gasteiger partial charge in [0.1, 0.15) is 42.0 Å². The maximum absolute atomic E-state index is 9.91. The quantitative estimate of drug-likeness (QED) is 0.762. The Bertz CT molecular complexity index is 1120. The minimum absolute atomic E-state index is 0.174. The number of rotatable bonds is 5. The highest BCUT2D eigenvalue weighted by Crippen LogP contribution is 2.42. The van der Waals surface area contributed by atoms with Gasteiger partial charge in [-0.05, 0) is 48.4 Å². The first kappa shape index (κ1) is 21.5. The van der Waals surface area contributed by atoms with Crippen LogP contribution in [0.3, 0.4) is 0 Å². The summed E-state index contributed by atoms with van der Waals surface area (Å²) in [5.41, 5.74) is 10.9. The molecular formula is C26H28N3O3+. The number of hydrogen-bond donors (Lipinski definition) is 2. The van der Waals surface area contributed by atoms with E-state index in [0.29, 0.717) is 5.57 Å². The van der Waals surface area contributed by atoms with Gasteiger partial charge in [-0.1, -0.05) is 24.3 Å². The summed E-state index contributed by atoms with van der Waals surface area (Å²) in [6, 6.07) is 18.1. The summed E-state index contributed by atoms with van der Waals surface area (Å²) in [6.45, 7) is 4.76. The van der Waals surface area contributed by atoms with E-state index in [9.17, 15) is 5.26 Å². The fourth-order valence-electron chi connectivity index (χ4n) is 4.37. The minimum atomic E-state index is -0.240. The number of nitrogens with one attached hydrogen (secondary N) is 1. The first-order valence-corrected chi connectivity index (χ1v) is 10.7.